The number of piperazine rings is 1. The van der Waals surface area contributed by atoms with Gasteiger partial charge in [0.05, 0.1) is 6.07 Å². The largest absolute Gasteiger partial charge is 0.300 e. The van der Waals surface area contributed by atoms with Gasteiger partial charge in [0.2, 0.25) is 0 Å². The Bertz CT molecular complexity index is 255. The zero-order chi connectivity index (χ0) is 12.6. The van der Waals surface area contributed by atoms with Crippen LogP contribution in [0.4, 0.5) is 0 Å². The Morgan fingerprint density at radius 2 is 1.50 bits per heavy atom. The molecule has 3 heteroatoms. The molecule has 0 spiro atoms. The fourth-order valence-corrected chi connectivity index (χ4v) is 3.36. The molecule has 1 heterocycles. The van der Waals surface area contributed by atoms with E-state index in [9.17, 15) is 0 Å². The number of hydrogen-bond acceptors (Lipinski definition) is 3. The molecule has 0 aromatic carbocycles. The Morgan fingerprint density at radius 3 is 2.11 bits per heavy atom. The fourth-order valence-electron chi connectivity index (χ4n) is 3.36. The van der Waals surface area contributed by atoms with Crippen molar-refractivity contribution in [3.05, 3.63) is 0 Å². The maximum absolute atomic E-state index is 8.62. The van der Waals surface area contributed by atoms with E-state index in [0.29, 0.717) is 6.42 Å². The van der Waals surface area contributed by atoms with E-state index in [2.05, 4.69) is 15.9 Å². The van der Waals surface area contributed by atoms with E-state index in [0.717, 1.165) is 25.7 Å². The molecular weight excluding hydrogens is 222 g/mol. The van der Waals surface area contributed by atoms with Gasteiger partial charge in [-0.1, -0.05) is 32.1 Å². The van der Waals surface area contributed by atoms with Crippen molar-refractivity contribution in [2.75, 3.05) is 32.7 Å². The Labute approximate surface area is 112 Å². The van der Waals surface area contributed by atoms with Crippen molar-refractivity contribution in [2.45, 2.75) is 57.4 Å². The first-order chi connectivity index (χ1) is 8.90. The normalized spacial score (nSPS) is 25.3. The SMILES string of the molecule is N#CCCN1CCN(C2CCCCCCC2)CC1. The first-order valence-corrected chi connectivity index (χ1v) is 7.73. The summed E-state index contributed by atoms with van der Waals surface area (Å²) >= 11 is 0. The highest BCUT2D eigenvalue weighted by atomic mass is 15.3. The standard InChI is InChI=1S/C15H27N3/c16-9-6-10-17-11-13-18(14-12-17)15-7-4-2-1-3-5-8-15/h15H,1-8,10-14H2. The topological polar surface area (TPSA) is 30.3 Å². The van der Waals surface area contributed by atoms with E-state index >= 15 is 0 Å². The van der Waals surface area contributed by atoms with E-state index in [1.807, 2.05) is 0 Å². The van der Waals surface area contributed by atoms with Gasteiger partial charge in [-0.3, -0.25) is 9.80 Å². The van der Waals surface area contributed by atoms with E-state index in [-0.39, 0.29) is 0 Å². The second-order valence-electron chi connectivity index (χ2n) is 5.78. The highest BCUT2D eigenvalue weighted by Crippen LogP contribution is 2.22. The monoisotopic (exact) mass is 249 g/mol. The summed E-state index contributed by atoms with van der Waals surface area (Å²) in [6.45, 7) is 5.73. The molecule has 0 aromatic rings. The molecule has 1 aliphatic heterocycles. The van der Waals surface area contributed by atoms with Crippen molar-refractivity contribution < 1.29 is 0 Å². The van der Waals surface area contributed by atoms with Gasteiger partial charge in [-0.2, -0.15) is 5.26 Å². The van der Waals surface area contributed by atoms with Crippen LogP contribution in [0.1, 0.15) is 51.4 Å². The lowest BCUT2D eigenvalue weighted by Crippen LogP contribution is -2.50. The molecule has 18 heavy (non-hydrogen) atoms. The van der Waals surface area contributed by atoms with Gasteiger partial charge >= 0.3 is 0 Å². The zero-order valence-corrected chi connectivity index (χ0v) is 11.6. The summed E-state index contributed by atoms with van der Waals surface area (Å²) < 4.78 is 0. The molecule has 1 saturated carbocycles. The molecule has 2 rings (SSSR count). The summed E-state index contributed by atoms with van der Waals surface area (Å²) in [7, 11) is 0. The first-order valence-electron chi connectivity index (χ1n) is 7.73. The van der Waals surface area contributed by atoms with Crippen molar-refractivity contribution in [2.24, 2.45) is 0 Å². The first kappa shape index (κ1) is 13.8. The minimum absolute atomic E-state index is 0.684. The van der Waals surface area contributed by atoms with Crippen molar-refractivity contribution in [1.29, 1.82) is 5.26 Å². The summed E-state index contributed by atoms with van der Waals surface area (Å²) in [4.78, 5) is 5.16. The zero-order valence-electron chi connectivity index (χ0n) is 11.6. The van der Waals surface area contributed by atoms with E-state index < -0.39 is 0 Å². The summed E-state index contributed by atoms with van der Waals surface area (Å²) in [5, 5.41) is 8.62. The molecule has 0 radical (unpaired) electrons. The van der Waals surface area contributed by atoms with Gasteiger partial charge in [-0.25, -0.2) is 0 Å². The van der Waals surface area contributed by atoms with Gasteiger partial charge in [-0.05, 0) is 12.8 Å². The minimum atomic E-state index is 0.684. The van der Waals surface area contributed by atoms with Crippen LogP contribution in [0.15, 0.2) is 0 Å². The molecule has 0 amide bonds. The van der Waals surface area contributed by atoms with Gasteiger partial charge in [0.15, 0.2) is 0 Å². The van der Waals surface area contributed by atoms with Crippen molar-refractivity contribution in [3.63, 3.8) is 0 Å². The van der Waals surface area contributed by atoms with E-state index in [1.54, 1.807) is 0 Å². The molecule has 2 fully saturated rings. The molecule has 3 nitrogen and oxygen atoms in total. The second-order valence-corrected chi connectivity index (χ2v) is 5.78. The van der Waals surface area contributed by atoms with Crippen LogP contribution >= 0.6 is 0 Å². The van der Waals surface area contributed by atoms with Crippen LogP contribution in [-0.2, 0) is 0 Å². The van der Waals surface area contributed by atoms with Crippen LogP contribution in [0.3, 0.4) is 0 Å². The molecule has 1 aliphatic carbocycles. The van der Waals surface area contributed by atoms with Crippen LogP contribution in [0.25, 0.3) is 0 Å². The molecule has 2 aliphatic rings. The van der Waals surface area contributed by atoms with Gasteiger partial charge in [0, 0.05) is 45.2 Å². The number of rotatable bonds is 3. The highest BCUT2D eigenvalue weighted by molar-refractivity contribution is 4.81. The molecule has 0 bridgehead atoms. The van der Waals surface area contributed by atoms with Crippen LogP contribution < -0.4 is 0 Å². The van der Waals surface area contributed by atoms with Gasteiger partial charge in [0.1, 0.15) is 0 Å². The van der Waals surface area contributed by atoms with Crippen LogP contribution in [0, 0.1) is 11.3 Å². The van der Waals surface area contributed by atoms with E-state index in [4.69, 9.17) is 5.26 Å². The van der Waals surface area contributed by atoms with Crippen molar-refractivity contribution in [3.8, 4) is 6.07 Å². The molecule has 0 aromatic heterocycles. The quantitative estimate of drug-likeness (QED) is 0.770. The molecule has 0 atom stereocenters. The lowest BCUT2D eigenvalue weighted by Gasteiger charge is -2.39. The van der Waals surface area contributed by atoms with Crippen molar-refractivity contribution >= 4 is 0 Å². The molecule has 0 unspecified atom stereocenters. The van der Waals surface area contributed by atoms with Crippen LogP contribution in [0.2, 0.25) is 0 Å². The maximum Gasteiger partial charge on any atom is 0.0635 e. The highest BCUT2D eigenvalue weighted by Gasteiger charge is 2.23. The molecule has 102 valence electrons. The fraction of sp³-hybridized carbons (Fsp3) is 0.933. The third-order valence-corrected chi connectivity index (χ3v) is 4.54. The maximum atomic E-state index is 8.62. The summed E-state index contributed by atoms with van der Waals surface area (Å²) in [6, 6.07) is 3.10. The van der Waals surface area contributed by atoms with E-state index in [1.165, 1.54) is 58.0 Å². The van der Waals surface area contributed by atoms with Crippen molar-refractivity contribution in [1.82, 2.24) is 9.80 Å². The molecule has 1 saturated heterocycles. The van der Waals surface area contributed by atoms with Gasteiger partial charge < -0.3 is 0 Å². The third-order valence-electron chi connectivity index (χ3n) is 4.54. The molecule has 0 N–H and O–H groups in total. The summed E-state index contributed by atoms with van der Waals surface area (Å²) in [5.41, 5.74) is 0. The van der Waals surface area contributed by atoms with Crippen LogP contribution in [0.5, 0.6) is 0 Å². The van der Waals surface area contributed by atoms with Gasteiger partial charge in [0.25, 0.3) is 0 Å². The Morgan fingerprint density at radius 1 is 0.889 bits per heavy atom. The lowest BCUT2D eigenvalue weighted by molar-refractivity contribution is 0.0849. The second kappa shape index (κ2) is 7.76. The smallest absolute Gasteiger partial charge is 0.0635 e. The summed E-state index contributed by atoms with van der Waals surface area (Å²) in [5.74, 6) is 0. The Balaban J connectivity index is 1.72. The minimum Gasteiger partial charge on any atom is -0.300 e. The number of nitriles is 1. The third kappa shape index (κ3) is 4.26. The average molecular weight is 249 g/mol. The predicted molar refractivity (Wildman–Crippen MR) is 74.4 cm³/mol. The predicted octanol–water partition coefficient (Wildman–Crippen LogP) is 2.63. The average Bonchev–Trinajstić information content (AvgIpc) is 2.37. The Kier molecular flexibility index (Phi) is 5.96. The molecular formula is C15H27N3. The van der Waals surface area contributed by atoms with Crippen LogP contribution in [-0.4, -0.2) is 48.6 Å². The number of hydrogen-bond donors (Lipinski definition) is 0. The number of nitrogens with zero attached hydrogens (tertiary/aromatic N) is 3. The lowest BCUT2D eigenvalue weighted by atomic mass is 9.95. The summed E-state index contributed by atoms with van der Waals surface area (Å²) in [6.07, 6.45) is 10.7. The Hall–Kier alpha value is -0.590. The van der Waals surface area contributed by atoms with Gasteiger partial charge in [-0.15, -0.1) is 0 Å².